The summed E-state index contributed by atoms with van der Waals surface area (Å²) in [5.41, 5.74) is 12.6. The first-order valence-corrected chi connectivity index (χ1v) is 3.70. The summed E-state index contributed by atoms with van der Waals surface area (Å²) >= 11 is 0. The van der Waals surface area contributed by atoms with Gasteiger partial charge in [-0.25, -0.2) is 0 Å². The maximum atomic E-state index is 6.90. The summed E-state index contributed by atoms with van der Waals surface area (Å²) < 4.78 is 4.87. The normalized spacial score (nSPS) is 12.3. The first-order chi connectivity index (χ1) is 4.81. The van der Waals surface area contributed by atoms with Gasteiger partial charge in [-0.3, -0.25) is 0 Å². The number of nitrogens with one attached hydrogen (secondary N) is 1. The van der Waals surface area contributed by atoms with E-state index in [1.165, 1.54) is 0 Å². The van der Waals surface area contributed by atoms with Crippen molar-refractivity contribution in [3.63, 3.8) is 0 Å². The molecular weight excluding hydrogens is 366 g/mol. The molecule has 0 saturated heterocycles. The molecule has 0 aliphatic heterocycles. The van der Waals surface area contributed by atoms with E-state index < -0.39 is 0 Å². The zero-order valence-electron chi connectivity index (χ0n) is 7.10. The van der Waals surface area contributed by atoms with E-state index in [1.807, 2.05) is 0 Å². The van der Waals surface area contributed by atoms with Crippen LogP contribution in [-0.2, 0) is 4.74 Å². The molecule has 0 radical (unpaired) electrons. The molecule has 0 bridgehead atoms. The van der Waals surface area contributed by atoms with Crippen molar-refractivity contribution in [3.05, 3.63) is 5.73 Å². The van der Waals surface area contributed by atoms with Gasteiger partial charge in [0.1, 0.15) is 0 Å². The predicted octanol–water partition coefficient (Wildman–Crippen LogP) is 1.18. The molecule has 3 nitrogen and oxygen atoms in total. The van der Waals surface area contributed by atoms with Crippen LogP contribution < -0.4 is 5.73 Å². The fourth-order valence-electron chi connectivity index (χ4n) is 0.820. The van der Waals surface area contributed by atoms with Gasteiger partial charge in [0.05, 0.1) is 0 Å². The molecule has 0 rings (SSSR count). The Morgan fingerprint density at radius 3 is 2.55 bits per heavy atom. The molecule has 3 N–H and O–H groups in total. The number of methoxy groups -OCH3 is 1. The Hall–Kier alpha value is 0.932. The van der Waals surface area contributed by atoms with E-state index in [4.69, 9.17) is 16.2 Å². The minimum absolute atomic E-state index is 0. The molecule has 11 heavy (non-hydrogen) atoms. The maximum absolute atomic E-state index is 6.90. The van der Waals surface area contributed by atoms with E-state index in [2.05, 4.69) is 0 Å². The van der Waals surface area contributed by atoms with Crippen molar-refractivity contribution in [2.24, 2.45) is 5.73 Å². The largest absolute Gasteiger partial charge is 0.677 e. The molecule has 0 fully saturated rings. The average molecular weight is 383 g/mol. The van der Waals surface area contributed by atoms with Gasteiger partial charge in [0.25, 0.3) is 0 Å². The van der Waals surface area contributed by atoms with Crippen molar-refractivity contribution in [1.29, 1.82) is 0 Å². The molecule has 0 heterocycles. The van der Waals surface area contributed by atoms with Gasteiger partial charge in [-0.05, 0) is 12.8 Å². The minimum Gasteiger partial charge on any atom is -0.677 e. The second kappa shape index (κ2) is 10.9. The first-order valence-electron chi connectivity index (χ1n) is 3.70. The van der Waals surface area contributed by atoms with Crippen LogP contribution in [0.2, 0.25) is 0 Å². The van der Waals surface area contributed by atoms with E-state index in [0.717, 1.165) is 25.9 Å². The molecule has 0 aromatic rings. The van der Waals surface area contributed by atoms with Crippen LogP contribution in [0.4, 0.5) is 0 Å². The molecule has 4 heteroatoms. The Kier molecular flexibility index (Phi) is 14.4. The summed E-state index contributed by atoms with van der Waals surface area (Å²) in [6, 6.07) is 0.202. The topological polar surface area (TPSA) is 59.0 Å². The third kappa shape index (κ3) is 10.9. The van der Waals surface area contributed by atoms with Gasteiger partial charge in [-0.2, -0.15) is 0 Å². The van der Waals surface area contributed by atoms with Crippen LogP contribution in [0.1, 0.15) is 19.3 Å². The Bertz CT molecular complexity index is 73.5. The van der Waals surface area contributed by atoms with Crippen LogP contribution in [0.15, 0.2) is 0 Å². The van der Waals surface area contributed by atoms with E-state index in [9.17, 15) is 0 Å². The SMILES string of the molecule is COCCCC(N)CC[NH-].[U]. The van der Waals surface area contributed by atoms with Crippen LogP contribution in [0.3, 0.4) is 0 Å². The number of nitrogens with two attached hydrogens (primary N) is 1. The molecular formula is C7H17N2OU-. The molecule has 66 valence electrons. The molecule has 0 spiro atoms. The van der Waals surface area contributed by atoms with Crippen LogP contribution in [0.5, 0.6) is 0 Å². The van der Waals surface area contributed by atoms with Crippen molar-refractivity contribution >= 4 is 0 Å². The summed E-state index contributed by atoms with van der Waals surface area (Å²) in [5.74, 6) is 0. The van der Waals surface area contributed by atoms with E-state index in [0.29, 0.717) is 6.54 Å². The second-order valence-electron chi connectivity index (χ2n) is 2.43. The van der Waals surface area contributed by atoms with Crippen LogP contribution in [-0.4, -0.2) is 26.3 Å². The maximum Gasteiger partial charge on any atom is 0.0462 e. The van der Waals surface area contributed by atoms with Gasteiger partial charge < -0.3 is 16.2 Å². The fourth-order valence-corrected chi connectivity index (χ4v) is 0.820. The fraction of sp³-hybridized carbons (Fsp3) is 1.00. The Balaban J connectivity index is 0. The molecule has 1 atom stereocenters. The summed E-state index contributed by atoms with van der Waals surface area (Å²) in [5, 5.41) is 0. The van der Waals surface area contributed by atoms with Crippen molar-refractivity contribution < 1.29 is 35.9 Å². The third-order valence-corrected chi connectivity index (χ3v) is 1.44. The summed E-state index contributed by atoms with van der Waals surface area (Å²) in [6.07, 6.45) is 2.80. The zero-order valence-corrected chi connectivity index (χ0v) is 11.3. The molecule has 0 amide bonds. The molecule has 0 aromatic heterocycles. The van der Waals surface area contributed by atoms with Gasteiger partial charge in [-0.15, -0.1) is 6.54 Å². The summed E-state index contributed by atoms with van der Waals surface area (Å²) in [7, 11) is 1.69. The number of ether oxygens (including phenoxy) is 1. The molecule has 1 unspecified atom stereocenters. The van der Waals surface area contributed by atoms with Gasteiger partial charge in [0, 0.05) is 50.9 Å². The predicted molar refractivity (Wildman–Crippen MR) is 42.9 cm³/mol. The van der Waals surface area contributed by atoms with Crippen molar-refractivity contribution in [2.45, 2.75) is 25.3 Å². The minimum atomic E-state index is 0. The van der Waals surface area contributed by atoms with Gasteiger partial charge >= 0.3 is 0 Å². The number of hydrogen-bond donors (Lipinski definition) is 1. The number of rotatable bonds is 6. The van der Waals surface area contributed by atoms with Gasteiger partial charge in [0.15, 0.2) is 0 Å². The Labute approximate surface area is 92.6 Å². The Morgan fingerprint density at radius 1 is 1.45 bits per heavy atom. The van der Waals surface area contributed by atoms with Crippen LogP contribution in [0, 0.1) is 31.1 Å². The van der Waals surface area contributed by atoms with Crippen LogP contribution in [0.25, 0.3) is 5.73 Å². The third-order valence-electron chi connectivity index (χ3n) is 1.44. The standard InChI is InChI=1S/C7H17N2O.U/c1-10-6-2-3-7(9)4-5-8;/h7-8H,2-6,9H2,1H3;/q-1;. The van der Waals surface area contributed by atoms with E-state index in [-0.39, 0.29) is 37.2 Å². The quantitative estimate of drug-likeness (QED) is 0.701. The summed E-state index contributed by atoms with van der Waals surface area (Å²) in [4.78, 5) is 0. The zero-order chi connectivity index (χ0) is 7.82. The van der Waals surface area contributed by atoms with E-state index in [1.54, 1.807) is 7.11 Å². The molecule has 0 saturated carbocycles. The summed E-state index contributed by atoms with van der Waals surface area (Å²) in [6.45, 7) is 1.22. The smallest absolute Gasteiger partial charge is 0.0462 e. The molecule has 0 aliphatic rings. The molecule has 0 aliphatic carbocycles. The van der Waals surface area contributed by atoms with Crippen molar-refractivity contribution in [2.75, 3.05) is 20.3 Å². The van der Waals surface area contributed by atoms with Crippen molar-refractivity contribution in [3.8, 4) is 0 Å². The first kappa shape index (κ1) is 14.5. The van der Waals surface area contributed by atoms with Crippen LogP contribution >= 0.6 is 0 Å². The monoisotopic (exact) mass is 383 g/mol. The second-order valence-corrected chi connectivity index (χ2v) is 2.43. The van der Waals surface area contributed by atoms with Gasteiger partial charge in [-0.1, -0.05) is 6.42 Å². The Morgan fingerprint density at radius 2 is 2.09 bits per heavy atom. The van der Waals surface area contributed by atoms with E-state index >= 15 is 0 Å². The number of hydrogen-bond acceptors (Lipinski definition) is 2. The average Bonchev–Trinajstić information content (AvgIpc) is 1.89. The van der Waals surface area contributed by atoms with Crippen molar-refractivity contribution in [1.82, 2.24) is 0 Å². The van der Waals surface area contributed by atoms with Gasteiger partial charge in [0.2, 0.25) is 0 Å². The molecule has 0 aromatic carbocycles.